The minimum Gasteiger partial charge on any atom is -0.490 e. The number of nitrogens with zero attached hydrogens (tertiary/aromatic N) is 2. The van der Waals surface area contributed by atoms with Gasteiger partial charge in [-0.05, 0) is 42.8 Å². The second-order valence-corrected chi connectivity index (χ2v) is 7.96. The molecule has 30 heavy (non-hydrogen) atoms. The van der Waals surface area contributed by atoms with Crippen molar-refractivity contribution in [2.24, 2.45) is 0 Å². The highest BCUT2D eigenvalue weighted by Gasteiger charge is 2.20. The number of para-hydroxylation sites is 2. The van der Waals surface area contributed by atoms with E-state index in [2.05, 4.69) is 10.1 Å². The number of benzene rings is 2. The average Bonchev–Trinajstić information content (AvgIpc) is 3.46. The van der Waals surface area contributed by atoms with Crippen LogP contribution in [0.4, 0.5) is 0 Å². The molecule has 0 aliphatic carbocycles. The third-order valence-electron chi connectivity index (χ3n) is 4.71. The van der Waals surface area contributed by atoms with Crippen molar-refractivity contribution in [1.82, 2.24) is 10.1 Å². The molecule has 1 aliphatic rings. The summed E-state index contributed by atoms with van der Waals surface area (Å²) in [7, 11) is 0. The minimum atomic E-state index is -0.379. The first-order chi connectivity index (χ1) is 14.6. The number of carbonyl (C=O) groups excluding carboxylic acids is 1. The molecule has 0 bridgehead atoms. The second-order valence-electron chi connectivity index (χ2n) is 7.03. The van der Waals surface area contributed by atoms with E-state index in [4.69, 9.17) is 18.4 Å². The highest BCUT2D eigenvalue weighted by Crippen LogP contribution is 2.33. The first kappa shape index (κ1) is 18.7. The summed E-state index contributed by atoms with van der Waals surface area (Å²) in [5, 5.41) is 4.44. The lowest BCUT2D eigenvalue weighted by molar-refractivity contribution is -0.141. The minimum absolute atomic E-state index is 0.0432. The van der Waals surface area contributed by atoms with Crippen molar-refractivity contribution in [2.45, 2.75) is 31.3 Å². The number of ether oxygens (including phenoxy) is 2. The quantitative estimate of drug-likeness (QED) is 0.328. The fourth-order valence-corrected chi connectivity index (χ4v) is 3.96. The number of fused-ring (bicyclic) bond motifs is 2. The molecule has 3 heterocycles. The first-order valence-corrected chi connectivity index (χ1v) is 10.5. The van der Waals surface area contributed by atoms with Crippen molar-refractivity contribution >= 4 is 28.8 Å². The Kier molecular flexibility index (Phi) is 4.92. The van der Waals surface area contributed by atoms with Gasteiger partial charge >= 0.3 is 5.97 Å². The van der Waals surface area contributed by atoms with Gasteiger partial charge in [0.2, 0.25) is 0 Å². The summed E-state index contributed by atoms with van der Waals surface area (Å²) in [6.07, 6.45) is 1.06. The first-order valence-electron chi connectivity index (χ1n) is 9.53. The second kappa shape index (κ2) is 7.87. The molecule has 0 unspecified atom stereocenters. The normalized spacial score (nSPS) is 15.2. The summed E-state index contributed by atoms with van der Waals surface area (Å²) in [5.74, 6) is 1.26. The zero-order valence-corrected chi connectivity index (χ0v) is 17.0. The standard InChI is InChI=1S/C22H18N2O5S/c1-13-8-15-9-14(6-7-18(15)27-13)20-10-16(24-29-20)11-26-21(25)12-30-22-23-17-4-2-3-5-19(17)28-22/h2-7,9-10,13H,8,11-12H2,1H3/t13-/m0/s1. The number of thioether (sulfide) groups is 1. The van der Waals surface area contributed by atoms with E-state index in [1.54, 1.807) is 6.07 Å². The van der Waals surface area contributed by atoms with Crippen molar-refractivity contribution in [3.8, 4) is 17.1 Å². The SMILES string of the molecule is C[C@H]1Cc2cc(-c3cc(COC(=O)CSc4nc5ccccc5o4)no3)ccc2O1. The largest absolute Gasteiger partial charge is 0.490 e. The van der Waals surface area contributed by atoms with Gasteiger partial charge in [0.1, 0.15) is 35.4 Å². The summed E-state index contributed by atoms with van der Waals surface area (Å²) >= 11 is 1.19. The van der Waals surface area contributed by atoms with Crippen LogP contribution in [0.3, 0.4) is 0 Å². The van der Waals surface area contributed by atoms with Crippen LogP contribution in [-0.2, 0) is 22.6 Å². The van der Waals surface area contributed by atoms with Gasteiger partial charge in [-0.3, -0.25) is 4.79 Å². The van der Waals surface area contributed by atoms with Gasteiger partial charge in [-0.2, -0.15) is 0 Å². The average molecular weight is 422 g/mol. The third kappa shape index (κ3) is 3.91. The summed E-state index contributed by atoms with van der Waals surface area (Å²) in [6, 6.07) is 15.2. The number of aromatic nitrogens is 2. The topological polar surface area (TPSA) is 87.6 Å². The molecule has 5 rings (SSSR count). The van der Waals surface area contributed by atoms with Gasteiger partial charge < -0.3 is 18.4 Å². The van der Waals surface area contributed by atoms with E-state index in [-0.39, 0.29) is 24.4 Å². The third-order valence-corrected chi connectivity index (χ3v) is 5.51. The zero-order chi connectivity index (χ0) is 20.5. The van der Waals surface area contributed by atoms with Crippen molar-refractivity contribution in [3.05, 3.63) is 59.8 Å². The Morgan fingerprint density at radius 3 is 3.03 bits per heavy atom. The van der Waals surface area contributed by atoms with E-state index in [0.717, 1.165) is 28.8 Å². The molecule has 1 atom stereocenters. The van der Waals surface area contributed by atoms with Gasteiger partial charge in [-0.1, -0.05) is 29.1 Å². The van der Waals surface area contributed by atoms with Gasteiger partial charge in [0, 0.05) is 18.1 Å². The molecule has 0 saturated heterocycles. The number of carbonyl (C=O) groups is 1. The molecule has 0 saturated carbocycles. The monoisotopic (exact) mass is 422 g/mol. The van der Waals surface area contributed by atoms with Crippen LogP contribution in [0.15, 0.2) is 62.7 Å². The van der Waals surface area contributed by atoms with Crippen LogP contribution in [0.2, 0.25) is 0 Å². The van der Waals surface area contributed by atoms with Gasteiger partial charge in [0.15, 0.2) is 11.3 Å². The maximum Gasteiger partial charge on any atom is 0.316 e. The molecule has 2 aromatic heterocycles. The molecule has 0 N–H and O–H groups in total. The van der Waals surface area contributed by atoms with Crippen molar-refractivity contribution in [1.29, 1.82) is 0 Å². The molecule has 8 heteroatoms. The van der Waals surface area contributed by atoms with Crippen LogP contribution in [0.5, 0.6) is 5.75 Å². The molecule has 152 valence electrons. The molecule has 7 nitrogen and oxygen atoms in total. The molecular formula is C22H18N2O5S. The fraction of sp³-hybridized carbons (Fsp3) is 0.227. The van der Waals surface area contributed by atoms with Crippen LogP contribution < -0.4 is 4.74 Å². The predicted octanol–water partition coefficient (Wildman–Crippen LogP) is 4.64. The lowest BCUT2D eigenvalue weighted by Gasteiger charge is -2.02. The summed E-state index contributed by atoms with van der Waals surface area (Å²) in [6.45, 7) is 2.09. The Bertz CT molecular complexity index is 1180. The Morgan fingerprint density at radius 1 is 1.23 bits per heavy atom. The molecule has 0 amide bonds. The Hall–Kier alpha value is -3.26. The predicted molar refractivity (Wildman–Crippen MR) is 110 cm³/mol. The van der Waals surface area contributed by atoms with E-state index in [9.17, 15) is 4.79 Å². The van der Waals surface area contributed by atoms with E-state index in [1.807, 2.05) is 49.4 Å². The van der Waals surface area contributed by atoms with Crippen molar-refractivity contribution in [2.75, 3.05) is 5.75 Å². The number of esters is 1. The summed E-state index contributed by atoms with van der Waals surface area (Å²) in [5.41, 5.74) is 4.08. The molecule has 0 spiro atoms. The Balaban J connectivity index is 1.16. The Labute approximate surface area is 176 Å². The molecule has 0 fully saturated rings. The number of hydrogen-bond donors (Lipinski definition) is 0. The molecule has 1 aliphatic heterocycles. The summed E-state index contributed by atoms with van der Waals surface area (Å²) in [4.78, 5) is 16.4. The highest BCUT2D eigenvalue weighted by atomic mass is 32.2. The number of hydrogen-bond acceptors (Lipinski definition) is 8. The van der Waals surface area contributed by atoms with Crippen LogP contribution in [0.1, 0.15) is 18.2 Å². The van der Waals surface area contributed by atoms with Gasteiger partial charge in [0.05, 0.1) is 0 Å². The van der Waals surface area contributed by atoms with Gasteiger partial charge in [-0.15, -0.1) is 0 Å². The van der Waals surface area contributed by atoms with E-state index in [0.29, 0.717) is 22.3 Å². The van der Waals surface area contributed by atoms with E-state index >= 15 is 0 Å². The van der Waals surface area contributed by atoms with Gasteiger partial charge in [-0.25, -0.2) is 4.98 Å². The Morgan fingerprint density at radius 2 is 2.13 bits per heavy atom. The lowest BCUT2D eigenvalue weighted by atomic mass is 10.1. The zero-order valence-electron chi connectivity index (χ0n) is 16.2. The molecule has 4 aromatic rings. The maximum atomic E-state index is 12.1. The van der Waals surface area contributed by atoms with Crippen molar-refractivity contribution in [3.63, 3.8) is 0 Å². The van der Waals surface area contributed by atoms with Crippen LogP contribution in [0.25, 0.3) is 22.4 Å². The van der Waals surface area contributed by atoms with Crippen LogP contribution in [0, 0.1) is 0 Å². The fourth-order valence-electron chi connectivity index (χ4n) is 3.32. The highest BCUT2D eigenvalue weighted by molar-refractivity contribution is 7.99. The lowest BCUT2D eigenvalue weighted by Crippen LogP contribution is -2.07. The number of rotatable bonds is 6. The molecular weight excluding hydrogens is 404 g/mol. The van der Waals surface area contributed by atoms with E-state index in [1.165, 1.54) is 11.8 Å². The maximum absolute atomic E-state index is 12.1. The van der Waals surface area contributed by atoms with Crippen LogP contribution >= 0.6 is 11.8 Å². The number of oxazole rings is 1. The van der Waals surface area contributed by atoms with Crippen LogP contribution in [-0.4, -0.2) is 28.0 Å². The molecule has 2 aromatic carbocycles. The summed E-state index contributed by atoms with van der Waals surface area (Å²) < 4.78 is 22.0. The van der Waals surface area contributed by atoms with Gasteiger partial charge in [0.25, 0.3) is 5.22 Å². The molecule has 0 radical (unpaired) electrons. The van der Waals surface area contributed by atoms with E-state index < -0.39 is 0 Å². The smallest absolute Gasteiger partial charge is 0.316 e. The van der Waals surface area contributed by atoms with Crippen molar-refractivity contribution < 1.29 is 23.2 Å².